The second-order valence-electron chi connectivity index (χ2n) is 5.71. The fraction of sp³-hybridized carbons (Fsp3) is 0.600. The van der Waals surface area contributed by atoms with Gasteiger partial charge in [0.1, 0.15) is 5.82 Å². The van der Waals surface area contributed by atoms with Gasteiger partial charge in [0.2, 0.25) is 0 Å². The van der Waals surface area contributed by atoms with Crippen LogP contribution in [0.2, 0.25) is 0 Å². The van der Waals surface area contributed by atoms with E-state index in [0.717, 1.165) is 30.7 Å². The molecule has 1 fully saturated rings. The fourth-order valence-electron chi connectivity index (χ4n) is 2.84. The van der Waals surface area contributed by atoms with Crippen molar-refractivity contribution < 1.29 is 4.39 Å². The zero-order valence-corrected chi connectivity index (χ0v) is 10.6. The van der Waals surface area contributed by atoms with Crippen molar-refractivity contribution in [1.82, 2.24) is 0 Å². The highest BCUT2D eigenvalue weighted by atomic mass is 19.1. The minimum absolute atomic E-state index is 0.126. The highest BCUT2D eigenvalue weighted by Gasteiger charge is 2.28. The number of benzene rings is 1. The Balaban J connectivity index is 2.06. The smallest absolute Gasteiger partial charge is 0.123 e. The summed E-state index contributed by atoms with van der Waals surface area (Å²) < 4.78 is 13.1. The molecule has 2 N–H and O–H groups in total. The summed E-state index contributed by atoms with van der Waals surface area (Å²) >= 11 is 0. The third kappa shape index (κ3) is 3.53. The van der Waals surface area contributed by atoms with E-state index in [1.807, 2.05) is 6.07 Å². The van der Waals surface area contributed by atoms with Gasteiger partial charge in [-0.15, -0.1) is 0 Å². The molecule has 0 spiro atoms. The normalized spacial score (nSPS) is 29.9. The number of hydrogen-bond donors (Lipinski definition) is 1. The molecule has 2 heteroatoms. The molecule has 0 aromatic heterocycles. The van der Waals surface area contributed by atoms with Gasteiger partial charge in [-0.1, -0.05) is 31.9 Å². The van der Waals surface area contributed by atoms with Crippen molar-refractivity contribution in [3.05, 3.63) is 35.6 Å². The molecule has 2 rings (SSSR count). The van der Waals surface area contributed by atoms with Gasteiger partial charge >= 0.3 is 0 Å². The van der Waals surface area contributed by atoms with Crippen molar-refractivity contribution in [3.63, 3.8) is 0 Å². The molecule has 1 aliphatic rings. The summed E-state index contributed by atoms with van der Waals surface area (Å²) in [5.41, 5.74) is 7.38. The monoisotopic (exact) mass is 235 g/mol. The van der Waals surface area contributed by atoms with E-state index in [1.54, 1.807) is 12.1 Å². The maximum atomic E-state index is 13.1. The van der Waals surface area contributed by atoms with Crippen LogP contribution in [0.25, 0.3) is 0 Å². The van der Waals surface area contributed by atoms with Crippen LogP contribution in [0.15, 0.2) is 24.3 Å². The van der Waals surface area contributed by atoms with Crippen molar-refractivity contribution in [2.45, 2.75) is 51.0 Å². The molecule has 1 saturated carbocycles. The minimum atomic E-state index is -0.159. The lowest BCUT2D eigenvalue weighted by Gasteiger charge is -2.28. The van der Waals surface area contributed by atoms with Crippen LogP contribution in [0.3, 0.4) is 0 Å². The van der Waals surface area contributed by atoms with Crippen LogP contribution in [0, 0.1) is 11.7 Å². The molecule has 17 heavy (non-hydrogen) atoms. The molecular weight excluding hydrogens is 213 g/mol. The van der Waals surface area contributed by atoms with Crippen molar-refractivity contribution in [3.8, 4) is 0 Å². The van der Waals surface area contributed by atoms with Crippen LogP contribution in [0.5, 0.6) is 0 Å². The van der Waals surface area contributed by atoms with Gasteiger partial charge in [-0.05, 0) is 49.3 Å². The summed E-state index contributed by atoms with van der Waals surface area (Å²) in [4.78, 5) is 0. The first kappa shape index (κ1) is 12.6. The zero-order valence-electron chi connectivity index (χ0n) is 10.6. The standard InChI is InChI=1S/C15H22FN/c1-12-4-3-8-15(17,9-7-12)11-13-5-2-6-14(16)10-13/h2,5-6,10,12H,3-4,7-9,11,17H2,1H3. The average Bonchev–Trinajstić information content (AvgIpc) is 2.41. The van der Waals surface area contributed by atoms with Gasteiger partial charge in [-0.2, -0.15) is 0 Å². The van der Waals surface area contributed by atoms with Crippen LogP contribution in [0.1, 0.15) is 44.6 Å². The first-order valence-corrected chi connectivity index (χ1v) is 6.61. The molecule has 0 heterocycles. The first-order valence-electron chi connectivity index (χ1n) is 6.61. The Labute approximate surface area is 103 Å². The van der Waals surface area contributed by atoms with Gasteiger partial charge < -0.3 is 5.73 Å². The molecule has 2 atom stereocenters. The molecule has 2 unspecified atom stereocenters. The molecule has 0 bridgehead atoms. The molecule has 1 aliphatic carbocycles. The Bertz CT molecular complexity index is 377. The predicted octanol–water partition coefficient (Wildman–Crippen LogP) is 3.67. The van der Waals surface area contributed by atoms with Gasteiger partial charge in [0.25, 0.3) is 0 Å². The molecule has 1 nitrogen and oxygen atoms in total. The van der Waals surface area contributed by atoms with Gasteiger partial charge in [-0.25, -0.2) is 4.39 Å². The Morgan fingerprint density at radius 3 is 2.94 bits per heavy atom. The summed E-state index contributed by atoms with van der Waals surface area (Å²) in [6, 6.07) is 6.85. The van der Waals surface area contributed by atoms with Crippen molar-refractivity contribution in [2.24, 2.45) is 11.7 Å². The largest absolute Gasteiger partial charge is 0.325 e. The van der Waals surface area contributed by atoms with Crippen LogP contribution in [-0.2, 0) is 6.42 Å². The molecule has 94 valence electrons. The Hall–Kier alpha value is -0.890. The maximum Gasteiger partial charge on any atom is 0.123 e. The van der Waals surface area contributed by atoms with E-state index in [2.05, 4.69) is 6.92 Å². The van der Waals surface area contributed by atoms with E-state index < -0.39 is 0 Å². The summed E-state index contributed by atoms with van der Waals surface area (Å²) in [7, 11) is 0. The molecule has 0 saturated heterocycles. The van der Waals surface area contributed by atoms with Crippen molar-refractivity contribution in [2.75, 3.05) is 0 Å². The van der Waals surface area contributed by atoms with Gasteiger partial charge in [0, 0.05) is 5.54 Å². The molecule has 1 aromatic rings. The SMILES string of the molecule is CC1CCCC(N)(Cc2cccc(F)c2)CC1. The summed E-state index contributed by atoms with van der Waals surface area (Å²) in [6.45, 7) is 2.30. The lowest BCUT2D eigenvalue weighted by atomic mass is 9.84. The zero-order chi connectivity index (χ0) is 12.3. The lowest BCUT2D eigenvalue weighted by molar-refractivity contribution is 0.363. The number of hydrogen-bond acceptors (Lipinski definition) is 1. The Kier molecular flexibility index (Phi) is 3.82. The van der Waals surface area contributed by atoms with E-state index in [4.69, 9.17) is 5.73 Å². The number of nitrogens with two attached hydrogens (primary N) is 1. The van der Waals surface area contributed by atoms with Gasteiger partial charge in [0.05, 0.1) is 0 Å². The van der Waals surface area contributed by atoms with E-state index >= 15 is 0 Å². The predicted molar refractivity (Wildman–Crippen MR) is 69.3 cm³/mol. The molecule has 1 aromatic carbocycles. The Morgan fingerprint density at radius 1 is 1.35 bits per heavy atom. The highest BCUT2D eigenvalue weighted by Crippen LogP contribution is 2.31. The molecular formula is C15H22FN. The quantitative estimate of drug-likeness (QED) is 0.778. The number of halogens is 1. The lowest BCUT2D eigenvalue weighted by Crippen LogP contribution is -2.41. The Morgan fingerprint density at radius 2 is 2.18 bits per heavy atom. The first-order chi connectivity index (χ1) is 8.07. The van der Waals surface area contributed by atoms with E-state index in [1.165, 1.54) is 25.3 Å². The van der Waals surface area contributed by atoms with Gasteiger partial charge in [0.15, 0.2) is 0 Å². The van der Waals surface area contributed by atoms with Crippen LogP contribution >= 0.6 is 0 Å². The topological polar surface area (TPSA) is 26.0 Å². The van der Waals surface area contributed by atoms with Crippen LogP contribution in [0.4, 0.5) is 4.39 Å². The third-order valence-electron chi connectivity index (χ3n) is 3.95. The van der Waals surface area contributed by atoms with Crippen molar-refractivity contribution >= 4 is 0 Å². The van der Waals surface area contributed by atoms with E-state index in [9.17, 15) is 4.39 Å². The average molecular weight is 235 g/mol. The third-order valence-corrected chi connectivity index (χ3v) is 3.95. The second-order valence-corrected chi connectivity index (χ2v) is 5.71. The van der Waals surface area contributed by atoms with E-state index in [0.29, 0.717) is 0 Å². The molecule has 0 radical (unpaired) electrons. The highest BCUT2D eigenvalue weighted by molar-refractivity contribution is 5.19. The summed E-state index contributed by atoms with van der Waals surface area (Å²) in [5.74, 6) is 0.626. The minimum Gasteiger partial charge on any atom is -0.325 e. The van der Waals surface area contributed by atoms with Crippen molar-refractivity contribution in [1.29, 1.82) is 0 Å². The fourth-order valence-corrected chi connectivity index (χ4v) is 2.84. The molecule has 0 aliphatic heterocycles. The second kappa shape index (κ2) is 5.18. The maximum absolute atomic E-state index is 13.1. The van der Waals surface area contributed by atoms with Gasteiger partial charge in [-0.3, -0.25) is 0 Å². The van der Waals surface area contributed by atoms with Crippen LogP contribution in [-0.4, -0.2) is 5.54 Å². The van der Waals surface area contributed by atoms with Crippen LogP contribution < -0.4 is 5.73 Å². The summed E-state index contributed by atoms with van der Waals surface area (Å²) in [6.07, 6.45) is 6.61. The summed E-state index contributed by atoms with van der Waals surface area (Å²) in [5, 5.41) is 0. The van der Waals surface area contributed by atoms with E-state index in [-0.39, 0.29) is 11.4 Å². The number of rotatable bonds is 2. The molecule has 0 amide bonds.